The fraction of sp³-hybridized carbons (Fsp3) is 0.0714. The van der Waals surface area contributed by atoms with Crippen LogP contribution in [-0.4, -0.2) is 5.78 Å². The van der Waals surface area contributed by atoms with Gasteiger partial charge >= 0.3 is 0 Å². The van der Waals surface area contributed by atoms with Crippen LogP contribution in [0.3, 0.4) is 0 Å². The summed E-state index contributed by atoms with van der Waals surface area (Å²) in [4.78, 5) is 12.3. The summed E-state index contributed by atoms with van der Waals surface area (Å²) in [6.45, 7) is 1.86. The van der Waals surface area contributed by atoms with Gasteiger partial charge in [0.1, 0.15) is 0 Å². The first-order valence-corrected chi connectivity index (χ1v) is 5.90. The molecule has 0 aromatic heterocycles. The largest absolute Gasteiger partial charge is 0.289 e. The van der Waals surface area contributed by atoms with Gasteiger partial charge in [-0.25, -0.2) is 0 Å². The minimum absolute atomic E-state index is 0.0789. The highest BCUT2D eigenvalue weighted by Gasteiger charge is 2.14. The molecule has 0 saturated carbocycles. The Morgan fingerprint density at radius 1 is 1.00 bits per heavy atom. The molecule has 0 bridgehead atoms. The maximum Gasteiger partial charge on any atom is 0.194 e. The Morgan fingerprint density at radius 2 is 1.71 bits per heavy atom. The third-order valence-corrected chi connectivity index (χ3v) is 3.12. The Bertz CT molecular complexity index is 576. The van der Waals surface area contributed by atoms with Crippen LogP contribution in [0.5, 0.6) is 0 Å². The van der Waals surface area contributed by atoms with Gasteiger partial charge in [0.25, 0.3) is 0 Å². The van der Waals surface area contributed by atoms with Crippen LogP contribution in [0.25, 0.3) is 0 Å². The number of rotatable bonds is 2. The molecule has 2 aromatic carbocycles. The smallest absolute Gasteiger partial charge is 0.194 e. The van der Waals surface area contributed by atoms with E-state index in [1.807, 2.05) is 6.92 Å². The summed E-state index contributed by atoms with van der Waals surface area (Å²) in [5, 5.41) is 1.09. The third-order valence-electron chi connectivity index (χ3n) is 2.55. The molecule has 17 heavy (non-hydrogen) atoms. The standard InChI is InChI=1S/C14H10Cl2O/c1-9-8-10(15)6-7-11(9)14(17)12-4-2-3-5-13(12)16/h2-8H,1H3. The van der Waals surface area contributed by atoms with E-state index >= 15 is 0 Å². The molecule has 1 nitrogen and oxygen atoms in total. The summed E-state index contributed by atoms with van der Waals surface area (Å²) >= 11 is 11.9. The minimum atomic E-state index is -0.0789. The molecule has 0 fully saturated rings. The molecule has 0 aliphatic rings. The third kappa shape index (κ3) is 2.51. The number of halogens is 2. The van der Waals surface area contributed by atoms with Crippen molar-refractivity contribution in [3.05, 3.63) is 69.2 Å². The molecular formula is C14H10Cl2O. The van der Waals surface area contributed by atoms with Crippen molar-refractivity contribution in [3.63, 3.8) is 0 Å². The summed E-state index contributed by atoms with van der Waals surface area (Å²) in [6, 6.07) is 12.2. The number of carbonyl (C=O) groups excluding carboxylic acids is 1. The fourth-order valence-corrected chi connectivity index (χ4v) is 2.12. The normalized spacial score (nSPS) is 10.3. The van der Waals surface area contributed by atoms with Gasteiger partial charge in [0.05, 0.1) is 5.02 Å². The number of hydrogen-bond donors (Lipinski definition) is 0. The molecular weight excluding hydrogens is 255 g/mol. The minimum Gasteiger partial charge on any atom is -0.289 e. The first kappa shape index (κ1) is 12.2. The lowest BCUT2D eigenvalue weighted by Gasteiger charge is -2.06. The number of aryl methyl sites for hydroxylation is 1. The topological polar surface area (TPSA) is 17.1 Å². The van der Waals surface area contributed by atoms with Gasteiger partial charge in [-0.05, 0) is 42.8 Å². The lowest BCUT2D eigenvalue weighted by molar-refractivity contribution is 0.103. The van der Waals surface area contributed by atoms with E-state index in [9.17, 15) is 4.79 Å². The van der Waals surface area contributed by atoms with Gasteiger partial charge in [-0.1, -0.05) is 35.3 Å². The molecule has 0 aliphatic heterocycles. The van der Waals surface area contributed by atoms with Crippen molar-refractivity contribution in [1.82, 2.24) is 0 Å². The van der Waals surface area contributed by atoms with E-state index in [0.29, 0.717) is 21.2 Å². The van der Waals surface area contributed by atoms with Gasteiger partial charge in [0.15, 0.2) is 5.78 Å². The highest BCUT2D eigenvalue weighted by Crippen LogP contribution is 2.22. The second-order valence-electron chi connectivity index (χ2n) is 3.77. The van der Waals surface area contributed by atoms with Gasteiger partial charge in [-0.15, -0.1) is 0 Å². The van der Waals surface area contributed by atoms with Gasteiger partial charge in [0, 0.05) is 16.1 Å². The zero-order valence-electron chi connectivity index (χ0n) is 9.21. The van der Waals surface area contributed by atoms with E-state index in [1.54, 1.807) is 42.5 Å². The molecule has 86 valence electrons. The van der Waals surface area contributed by atoms with E-state index in [0.717, 1.165) is 5.56 Å². The Kier molecular flexibility index (Phi) is 3.51. The molecule has 0 saturated heterocycles. The molecule has 2 aromatic rings. The number of ketones is 1. The van der Waals surface area contributed by atoms with Crippen molar-refractivity contribution in [1.29, 1.82) is 0 Å². The van der Waals surface area contributed by atoms with Crippen LogP contribution in [0.4, 0.5) is 0 Å². The van der Waals surface area contributed by atoms with Crippen molar-refractivity contribution in [3.8, 4) is 0 Å². The zero-order chi connectivity index (χ0) is 12.4. The molecule has 0 unspecified atom stereocenters. The molecule has 0 spiro atoms. The molecule has 0 radical (unpaired) electrons. The van der Waals surface area contributed by atoms with Crippen LogP contribution < -0.4 is 0 Å². The van der Waals surface area contributed by atoms with Crippen molar-refractivity contribution in [2.24, 2.45) is 0 Å². The molecule has 0 atom stereocenters. The monoisotopic (exact) mass is 264 g/mol. The van der Waals surface area contributed by atoms with Gasteiger partial charge in [-0.3, -0.25) is 4.79 Å². The molecule has 0 N–H and O–H groups in total. The van der Waals surface area contributed by atoms with E-state index in [1.165, 1.54) is 0 Å². The molecule has 3 heteroatoms. The molecule has 0 amide bonds. The van der Waals surface area contributed by atoms with Crippen LogP contribution in [-0.2, 0) is 0 Å². The van der Waals surface area contributed by atoms with Crippen LogP contribution in [0.15, 0.2) is 42.5 Å². The molecule has 0 aliphatic carbocycles. The SMILES string of the molecule is Cc1cc(Cl)ccc1C(=O)c1ccccc1Cl. The van der Waals surface area contributed by atoms with Gasteiger partial charge in [-0.2, -0.15) is 0 Å². The Labute approximate surface area is 110 Å². The lowest BCUT2D eigenvalue weighted by atomic mass is 9.99. The molecule has 0 heterocycles. The summed E-state index contributed by atoms with van der Waals surface area (Å²) in [6.07, 6.45) is 0. The van der Waals surface area contributed by atoms with Crippen LogP contribution in [0, 0.1) is 6.92 Å². The van der Waals surface area contributed by atoms with E-state index < -0.39 is 0 Å². The number of benzene rings is 2. The second kappa shape index (κ2) is 4.91. The molecule has 2 rings (SSSR count). The van der Waals surface area contributed by atoms with Crippen LogP contribution in [0.1, 0.15) is 21.5 Å². The van der Waals surface area contributed by atoms with Crippen molar-refractivity contribution >= 4 is 29.0 Å². The highest BCUT2D eigenvalue weighted by atomic mass is 35.5. The average Bonchev–Trinajstić information content (AvgIpc) is 2.29. The zero-order valence-corrected chi connectivity index (χ0v) is 10.7. The summed E-state index contributed by atoms with van der Waals surface area (Å²) in [7, 11) is 0. The van der Waals surface area contributed by atoms with Gasteiger partial charge in [0.2, 0.25) is 0 Å². The van der Waals surface area contributed by atoms with Crippen molar-refractivity contribution < 1.29 is 4.79 Å². The number of hydrogen-bond acceptors (Lipinski definition) is 1. The van der Waals surface area contributed by atoms with Crippen molar-refractivity contribution in [2.45, 2.75) is 6.92 Å². The van der Waals surface area contributed by atoms with Crippen LogP contribution >= 0.6 is 23.2 Å². The average molecular weight is 265 g/mol. The summed E-state index contributed by atoms with van der Waals surface area (Å²) < 4.78 is 0. The van der Waals surface area contributed by atoms with E-state index in [2.05, 4.69) is 0 Å². The predicted molar refractivity (Wildman–Crippen MR) is 71.1 cm³/mol. The first-order valence-electron chi connectivity index (χ1n) is 5.15. The van der Waals surface area contributed by atoms with Crippen LogP contribution in [0.2, 0.25) is 10.0 Å². The van der Waals surface area contributed by atoms with E-state index in [4.69, 9.17) is 23.2 Å². The summed E-state index contributed by atoms with van der Waals surface area (Å²) in [5.41, 5.74) is 1.99. The fourth-order valence-electron chi connectivity index (χ4n) is 1.67. The van der Waals surface area contributed by atoms with Gasteiger partial charge < -0.3 is 0 Å². The lowest BCUT2D eigenvalue weighted by Crippen LogP contribution is -2.04. The van der Waals surface area contributed by atoms with Crippen molar-refractivity contribution in [2.75, 3.05) is 0 Å². The predicted octanol–water partition coefficient (Wildman–Crippen LogP) is 4.53. The number of carbonyl (C=O) groups is 1. The quantitative estimate of drug-likeness (QED) is 0.729. The maximum absolute atomic E-state index is 12.3. The second-order valence-corrected chi connectivity index (χ2v) is 4.61. The van der Waals surface area contributed by atoms with E-state index in [-0.39, 0.29) is 5.78 Å². The Morgan fingerprint density at radius 3 is 2.35 bits per heavy atom. The summed E-state index contributed by atoms with van der Waals surface area (Å²) in [5.74, 6) is -0.0789. The Balaban J connectivity index is 2.48. The maximum atomic E-state index is 12.3. The first-order chi connectivity index (χ1) is 8.09. The highest BCUT2D eigenvalue weighted by molar-refractivity contribution is 6.35. The Hall–Kier alpha value is -1.31.